The molecule has 5 heteroatoms. The van der Waals surface area contributed by atoms with Crippen molar-refractivity contribution >= 4 is 35.8 Å². The lowest BCUT2D eigenvalue weighted by molar-refractivity contribution is 0.699. The quantitative estimate of drug-likeness (QED) is 0.545. The van der Waals surface area contributed by atoms with Gasteiger partial charge in [-0.2, -0.15) is 0 Å². The molecule has 0 bridgehead atoms. The molecule has 0 N–H and O–H groups in total. The van der Waals surface area contributed by atoms with Crippen LogP contribution >= 0.6 is 11.6 Å². The Balaban J connectivity index is 2.43. The van der Waals surface area contributed by atoms with E-state index in [9.17, 15) is 4.79 Å². The van der Waals surface area contributed by atoms with E-state index in [0.29, 0.717) is 16.4 Å². The number of rotatable bonds is 1. The predicted octanol–water partition coefficient (Wildman–Crippen LogP) is 1.18. The number of hydrogen-bond donors (Lipinski definition) is 0. The maximum absolute atomic E-state index is 12.2. The summed E-state index contributed by atoms with van der Waals surface area (Å²) in [6, 6.07) is 5.42. The first-order valence-corrected chi connectivity index (χ1v) is 5.52. The molecule has 0 unspecified atom stereocenters. The van der Waals surface area contributed by atoms with Gasteiger partial charge in [0.2, 0.25) is 5.28 Å². The molecule has 1 aromatic heterocycles. The number of halogens is 1. The molecule has 2 aromatic rings. The van der Waals surface area contributed by atoms with Gasteiger partial charge in [-0.05, 0) is 30.5 Å². The van der Waals surface area contributed by atoms with Gasteiger partial charge in [0.25, 0.3) is 5.56 Å². The van der Waals surface area contributed by atoms with Crippen LogP contribution in [-0.4, -0.2) is 17.4 Å². The van der Waals surface area contributed by atoms with Crippen LogP contribution < -0.4 is 11.0 Å². The minimum Gasteiger partial charge on any atom is -0.280 e. The molecule has 0 atom stereocenters. The summed E-state index contributed by atoms with van der Waals surface area (Å²) in [5.74, 6) is 0. The van der Waals surface area contributed by atoms with Gasteiger partial charge in [-0.25, -0.2) is 4.98 Å². The van der Waals surface area contributed by atoms with E-state index in [1.54, 1.807) is 22.8 Å². The Hall–Kier alpha value is -1.29. The number of nitrogens with zero attached hydrogens (tertiary/aromatic N) is 2. The Kier molecular flexibility index (Phi) is 2.08. The van der Waals surface area contributed by atoms with Crippen LogP contribution in [0.15, 0.2) is 23.0 Å². The molecule has 1 saturated carbocycles. The number of aromatic nitrogens is 2. The summed E-state index contributed by atoms with van der Waals surface area (Å²) in [7, 11) is 5.77. The van der Waals surface area contributed by atoms with Crippen LogP contribution in [-0.2, 0) is 0 Å². The van der Waals surface area contributed by atoms with Gasteiger partial charge in [0.1, 0.15) is 7.85 Å². The van der Waals surface area contributed by atoms with Gasteiger partial charge < -0.3 is 0 Å². The Morgan fingerprint density at radius 2 is 2.19 bits per heavy atom. The highest BCUT2D eigenvalue weighted by molar-refractivity contribution is 6.38. The molecule has 3 rings (SSSR count). The normalized spacial score (nSPS) is 15.6. The summed E-state index contributed by atoms with van der Waals surface area (Å²) in [6.07, 6.45) is 1.99. The fourth-order valence-electron chi connectivity index (χ4n) is 1.87. The predicted molar refractivity (Wildman–Crippen MR) is 64.7 cm³/mol. The van der Waals surface area contributed by atoms with Crippen molar-refractivity contribution < 1.29 is 0 Å². The van der Waals surface area contributed by atoms with Crippen LogP contribution in [0.2, 0.25) is 5.28 Å². The fourth-order valence-corrected chi connectivity index (χ4v) is 2.17. The summed E-state index contributed by atoms with van der Waals surface area (Å²) in [4.78, 5) is 16.4. The van der Waals surface area contributed by atoms with E-state index in [1.807, 2.05) is 0 Å². The van der Waals surface area contributed by atoms with Crippen molar-refractivity contribution in [3.8, 4) is 0 Å². The zero-order valence-corrected chi connectivity index (χ0v) is 9.24. The smallest absolute Gasteiger partial charge is 0.262 e. The second-order valence-electron chi connectivity index (χ2n) is 4.03. The Morgan fingerprint density at radius 1 is 1.44 bits per heavy atom. The minimum absolute atomic E-state index is 0.0928. The van der Waals surface area contributed by atoms with Crippen LogP contribution in [0.25, 0.3) is 10.9 Å². The van der Waals surface area contributed by atoms with Gasteiger partial charge >= 0.3 is 0 Å². The van der Waals surface area contributed by atoms with E-state index in [-0.39, 0.29) is 16.9 Å². The highest BCUT2D eigenvalue weighted by Gasteiger charge is 2.27. The third-order valence-electron chi connectivity index (χ3n) is 2.83. The van der Waals surface area contributed by atoms with Crippen molar-refractivity contribution in [2.75, 3.05) is 0 Å². The molecule has 0 saturated heterocycles. The summed E-state index contributed by atoms with van der Waals surface area (Å²) in [5.41, 5.74) is 0.888. The molecule has 78 valence electrons. The van der Waals surface area contributed by atoms with Crippen molar-refractivity contribution in [2.45, 2.75) is 18.9 Å². The maximum Gasteiger partial charge on any atom is 0.262 e. The average Bonchev–Trinajstić information content (AvgIpc) is 3.04. The lowest BCUT2D eigenvalue weighted by Gasteiger charge is -2.08. The lowest BCUT2D eigenvalue weighted by atomic mass is 9.94. The van der Waals surface area contributed by atoms with Crippen molar-refractivity contribution in [3.63, 3.8) is 0 Å². The maximum atomic E-state index is 12.2. The highest BCUT2D eigenvalue weighted by atomic mass is 35.5. The zero-order valence-electron chi connectivity index (χ0n) is 8.48. The molecule has 1 heterocycles. The molecular formula is C11H8BClN2O. The first-order chi connectivity index (χ1) is 7.68. The molecule has 1 aromatic carbocycles. The number of para-hydroxylation sites is 1. The molecule has 0 spiro atoms. The average molecular weight is 230 g/mol. The minimum atomic E-state index is -0.0928. The summed E-state index contributed by atoms with van der Waals surface area (Å²) < 4.78 is 1.56. The second-order valence-corrected chi connectivity index (χ2v) is 4.37. The largest absolute Gasteiger partial charge is 0.280 e. The van der Waals surface area contributed by atoms with Crippen LogP contribution in [0.5, 0.6) is 0 Å². The van der Waals surface area contributed by atoms with Crippen molar-refractivity contribution in [2.24, 2.45) is 0 Å². The highest BCUT2D eigenvalue weighted by Crippen LogP contribution is 2.35. The SMILES string of the molecule is [B]c1cccc2c(=O)n(C3CC3)c(Cl)nc12. The van der Waals surface area contributed by atoms with Crippen molar-refractivity contribution in [1.82, 2.24) is 9.55 Å². The molecule has 2 radical (unpaired) electrons. The van der Waals surface area contributed by atoms with Gasteiger partial charge in [0.05, 0.1) is 10.9 Å². The Bertz CT molecular complexity index is 634. The van der Waals surface area contributed by atoms with Gasteiger partial charge in [0, 0.05) is 6.04 Å². The third-order valence-corrected chi connectivity index (χ3v) is 3.10. The summed E-state index contributed by atoms with van der Waals surface area (Å²) in [5, 5.41) is 0.772. The van der Waals surface area contributed by atoms with Gasteiger partial charge in [-0.1, -0.05) is 17.6 Å². The van der Waals surface area contributed by atoms with Gasteiger partial charge in [-0.3, -0.25) is 9.36 Å². The third kappa shape index (κ3) is 1.37. The van der Waals surface area contributed by atoms with E-state index < -0.39 is 0 Å². The fraction of sp³-hybridized carbons (Fsp3) is 0.273. The standard InChI is InChI=1S/C11H8BClN2O/c12-8-3-1-2-7-9(8)14-11(13)15(10(7)16)6-4-5-6/h1-3,6H,4-5H2. The lowest BCUT2D eigenvalue weighted by Crippen LogP contribution is -2.23. The second kappa shape index (κ2) is 3.35. The van der Waals surface area contributed by atoms with Crippen LogP contribution in [0, 0.1) is 0 Å². The van der Waals surface area contributed by atoms with Crippen LogP contribution in [0.4, 0.5) is 0 Å². The Labute approximate surface area is 98.5 Å². The molecule has 1 aliphatic rings. The van der Waals surface area contributed by atoms with E-state index in [1.165, 1.54) is 0 Å². The molecular weight excluding hydrogens is 222 g/mol. The van der Waals surface area contributed by atoms with Gasteiger partial charge in [-0.15, -0.1) is 0 Å². The van der Waals surface area contributed by atoms with E-state index in [4.69, 9.17) is 19.4 Å². The summed E-state index contributed by atoms with van der Waals surface area (Å²) in [6.45, 7) is 0. The van der Waals surface area contributed by atoms with Crippen LogP contribution in [0.1, 0.15) is 18.9 Å². The Morgan fingerprint density at radius 3 is 2.88 bits per heavy atom. The first kappa shape index (κ1) is 9.91. The van der Waals surface area contributed by atoms with Crippen LogP contribution in [0.3, 0.4) is 0 Å². The molecule has 3 nitrogen and oxygen atoms in total. The number of hydrogen-bond acceptors (Lipinski definition) is 2. The molecule has 0 amide bonds. The number of benzene rings is 1. The first-order valence-electron chi connectivity index (χ1n) is 5.14. The van der Waals surface area contributed by atoms with E-state index in [0.717, 1.165) is 12.8 Å². The van der Waals surface area contributed by atoms with Gasteiger partial charge in [0.15, 0.2) is 0 Å². The van der Waals surface area contributed by atoms with E-state index in [2.05, 4.69) is 4.98 Å². The van der Waals surface area contributed by atoms with Crippen molar-refractivity contribution in [3.05, 3.63) is 33.8 Å². The zero-order chi connectivity index (χ0) is 11.3. The number of fused-ring (bicyclic) bond motifs is 1. The molecule has 16 heavy (non-hydrogen) atoms. The van der Waals surface area contributed by atoms with Crippen molar-refractivity contribution in [1.29, 1.82) is 0 Å². The van der Waals surface area contributed by atoms with E-state index >= 15 is 0 Å². The molecule has 1 aliphatic carbocycles. The molecule has 1 fully saturated rings. The summed E-state index contributed by atoms with van der Waals surface area (Å²) >= 11 is 6.01. The monoisotopic (exact) mass is 230 g/mol. The molecule has 0 aliphatic heterocycles. The topological polar surface area (TPSA) is 34.9 Å².